The van der Waals surface area contributed by atoms with Crippen LogP contribution in [0.25, 0.3) is 16.9 Å². The summed E-state index contributed by atoms with van der Waals surface area (Å²) in [7, 11) is 0. The van der Waals surface area contributed by atoms with Gasteiger partial charge in [-0.25, -0.2) is 5.43 Å². The Morgan fingerprint density at radius 2 is 1.73 bits per heavy atom. The van der Waals surface area contributed by atoms with E-state index in [0.29, 0.717) is 11.3 Å². The van der Waals surface area contributed by atoms with Crippen LogP contribution in [0, 0.1) is 19.3 Å². The monoisotopic (exact) mass is 433 g/mol. The molecule has 0 saturated carbocycles. The predicted octanol–water partition coefficient (Wildman–Crippen LogP) is 5.23. The van der Waals surface area contributed by atoms with Gasteiger partial charge < -0.3 is 9.30 Å². The average Bonchev–Trinajstić information content (AvgIpc) is 3.25. The first kappa shape index (κ1) is 21.7. The Labute approximate surface area is 193 Å². The molecular formula is C28H23N3O2. The van der Waals surface area contributed by atoms with Crippen molar-refractivity contribution in [2.45, 2.75) is 6.92 Å². The largest absolute Gasteiger partial charge is 0.481 e. The summed E-state index contributed by atoms with van der Waals surface area (Å²) in [6.07, 6.45) is 6.76. The Hall–Kier alpha value is -4.56. The third-order valence-electron chi connectivity index (χ3n) is 5.12. The standard InChI is InChI=1S/C28H23N3O2/c1-3-19-33-26-16-10-22(11-17-26)20-29-30-28(32)24-12-14-25(15-13-24)31-21(2)9-18-27(31)23-7-5-4-6-8-23/h1,4-18,20H,19H2,2H3,(H,30,32)/b29-20+. The minimum Gasteiger partial charge on any atom is -0.481 e. The molecule has 4 aromatic rings. The van der Waals surface area contributed by atoms with Crippen molar-refractivity contribution in [2.24, 2.45) is 5.10 Å². The molecule has 1 heterocycles. The fourth-order valence-corrected chi connectivity index (χ4v) is 3.48. The number of amides is 1. The predicted molar refractivity (Wildman–Crippen MR) is 132 cm³/mol. The number of rotatable bonds is 7. The van der Waals surface area contributed by atoms with Crippen LogP contribution in [0.3, 0.4) is 0 Å². The molecule has 0 radical (unpaired) electrons. The van der Waals surface area contributed by atoms with Gasteiger partial charge in [0, 0.05) is 16.9 Å². The third kappa shape index (κ3) is 5.20. The first-order valence-corrected chi connectivity index (χ1v) is 10.5. The number of ether oxygens (including phenoxy) is 1. The van der Waals surface area contributed by atoms with Crippen molar-refractivity contribution in [1.29, 1.82) is 0 Å². The van der Waals surface area contributed by atoms with Crippen LogP contribution in [0.1, 0.15) is 21.6 Å². The fraction of sp³-hybridized carbons (Fsp3) is 0.0714. The molecule has 0 saturated heterocycles. The zero-order chi connectivity index (χ0) is 23.0. The molecular weight excluding hydrogens is 410 g/mol. The minimum absolute atomic E-state index is 0.222. The molecule has 0 aliphatic rings. The summed E-state index contributed by atoms with van der Waals surface area (Å²) in [4.78, 5) is 12.5. The molecule has 0 spiro atoms. The summed E-state index contributed by atoms with van der Waals surface area (Å²) in [5.74, 6) is 2.82. The van der Waals surface area contributed by atoms with Crippen LogP contribution in [0.4, 0.5) is 0 Å². The highest BCUT2D eigenvalue weighted by molar-refractivity contribution is 5.95. The number of carbonyl (C=O) groups excluding carboxylic acids is 1. The van der Waals surface area contributed by atoms with Crippen molar-refractivity contribution in [1.82, 2.24) is 9.99 Å². The number of hydrazone groups is 1. The van der Waals surface area contributed by atoms with Crippen LogP contribution < -0.4 is 10.2 Å². The smallest absolute Gasteiger partial charge is 0.271 e. The first-order valence-electron chi connectivity index (χ1n) is 10.5. The second-order valence-electron chi connectivity index (χ2n) is 7.37. The Bertz CT molecular complexity index is 1300. The van der Waals surface area contributed by atoms with Crippen LogP contribution in [0.5, 0.6) is 5.75 Å². The lowest BCUT2D eigenvalue weighted by atomic mass is 10.1. The van der Waals surface area contributed by atoms with Gasteiger partial charge >= 0.3 is 0 Å². The van der Waals surface area contributed by atoms with E-state index >= 15 is 0 Å². The highest BCUT2D eigenvalue weighted by Crippen LogP contribution is 2.26. The van der Waals surface area contributed by atoms with Gasteiger partial charge in [0.05, 0.1) is 11.9 Å². The quantitative estimate of drug-likeness (QED) is 0.247. The lowest BCUT2D eigenvalue weighted by Crippen LogP contribution is -2.17. The summed E-state index contributed by atoms with van der Waals surface area (Å²) >= 11 is 0. The molecule has 5 heteroatoms. The molecule has 4 rings (SSSR count). The van der Waals surface area contributed by atoms with Gasteiger partial charge in [0.2, 0.25) is 0 Å². The van der Waals surface area contributed by atoms with Gasteiger partial charge in [-0.2, -0.15) is 5.10 Å². The summed E-state index contributed by atoms with van der Waals surface area (Å²) < 4.78 is 7.51. The van der Waals surface area contributed by atoms with Crippen molar-refractivity contribution in [3.63, 3.8) is 0 Å². The maximum atomic E-state index is 12.5. The Kier molecular flexibility index (Phi) is 6.67. The Morgan fingerprint density at radius 3 is 2.42 bits per heavy atom. The van der Waals surface area contributed by atoms with Crippen molar-refractivity contribution >= 4 is 12.1 Å². The van der Waals surface area contributed by atoms with E-state index in [9.17, 15) is 4.79 Å². The first-order chi connectivity index (χ1) is 16.2. The van der Waals surface area contributed by atoms with Crippen LogP contribution in [-0.4, -0.2) is 23.3 Å². The van der Waals surface area contributed by atoms with Crippen molar-refractivity contribution in [3.05, 3.63) is 108 Å². The van der Waals surface area contributed by atoms with E-state index in [4.69, 9.17) is 11.2 Å². The van der Waals surface area contributed by atoms with Crippen LogP contribution in [-0.2, 0) is 0 Å². The second-order valence-corrected chi connectivity index (χ2v) is 7.37. The van der Waals surface area contributed by atoms with Gasteiger partial charge in [-0.3, -0.25) is 4.79 Å². The summed E-state index contributed by atoms with van der Waals surface area (Å²) in [6, 6.07) is 29.2. The van der Waals surface area contributed by atoms with E-state index in [1.807, 2.05) is 42.5 Å². The number of aromatic nitrogens is 1. The number of terminal acetylenes is 1. The lowest BCUT2D eigenvalue weighted by Gasteiger charge is -2.12. The molecule has 0 atom stereocenters. The van der Waals surface area contributed by atoms with Crippen LogP contribution >= 0.6 is 0 Å². The molecule has 33 heavy (non-hydrogen) atoms. The highest BCUT2D eigenvalue weighted by atomic mass is 16.5. The van der Waals surface area contributed by atoms with E-state index in [1.54, 1.807) is 30.5 Å². The van der Waals surface area contributed by atoms with Gasteiger partial charge in [0.1, 0.15) is 12.4 Å². The van der Waals surface area contributed by atoms with E-state index in [2.05, 4.69) is 52.2 Å². The fourth-order valence-electron chi connectivity index (χ4n) is 3.48. The number of hydrogen-bond acceptors (Lipinski definition) is 3. The molecule has 1 N–H and O–H groups in total. The molecule has 3 aromatic carbocycles. The summed E-state index contributed by atoms with van der Waals surface area (Å²) in [6.45, 7) is 2.29. The molecule has 0 unspecified atom stereocenters. The lowest BCUT2D eigenvalue weighted by molar-refractivity contribution is 0.0955. The zero-order valence-electron chi connectivity index (χ0n) is 18.2. The number of aryl methyl sites for hydroxylation is 1. The topological polar surface area (TPSA) is 55.6 Å². The maximum Gasteiger partial charge on any atom is 0.271 e. The van der Waals surface area contributed by atoms with Gasteiger partial charge in [-0.1, -0.05) is 36.3 Å². The van der Waals surface area contributed by atoms with E-state index in [-0.39, 0.29) is 12.5 Å². The maximum absolute atomic E-state index is 12.5. The van der Waals surface area contributed by atoms with Gasteiger partial charge in [0.15, 0.2) is 0 Å². The minimum atomic E-state index is -0.278. The molecule has 0 aliphatic carbocycles. The van der Waals surface area contributed by atoms with Gasteiger partial charge in [-0.05, 0) is 78.7 Å². The zero-order valence-corrected chi connectivity index (χ0v) is 18.2. The van der Waals surface area contributed by atoms with Crippen LogP contribution in [0.2, 0.25) is 0 Å². The number of nitrogens with one attached hydrogen (secondary N) is 1. The molecule has 0 aliphatic heterocycles. The third-order valence-corrected chi connectivity index (χ3v) is 5.12. The highest BCUT2D eigenvalue weighted by Gasteiger charge is 2.10. The molecule has 5 nitrogen and oxygen atoms in total. The number of carbonyl (C=O) groups is 1. The average molecular weight is 434 g/mol. The number of benzene rings is 3. The van der Waals surface area contributed by atoms with E-state index in [1.165, 1.54) is 0 Å². The van der Waals surface area contributed by atoms with Crippen molar-refractivity contribution in [2.75, 3.05) is 6.61 Å². The summed E-state index contributed by atoms with van der Waals surface area (Å²) in [5.41, 5.74) is 8.27. The van der Waals surface area contributed by atoms with Crippen LogP contribution in [0.15, 0.2) is 96.1 Å². The van der Waals surface area contributed by atoms with Gasteiger partial charge in [0.25, 0.3) is 5.91 Å². The normalized spacial score (nSPS) is 10.7. The molecule has 0 fully saturated rings. The van der Waals surface area contributed by atoms with E-state index < -0.39 is 0 Å². The van der Waals surface area contributed by atoms with Crippen molar-refractivity contribution < 1.29 is 9.53 Å². The Balaban J connectivity index is 1.43. The molecule has 0 bridgehead atoms. The molecule has 162 valence electrons. The Morgan fingerprint density at radius 1 is 1.00 bits per heavy atom. The van der Waals surface area contributed by atoms with Crippen molar-refractivity contribution in [3.8, 4) is 35.0 Å². The molecule has 1 aromatic heterocycles. The number of nitrogens with zero attached hydrogens (tertiary/aromatic N) is 2. The summed E-state index contributed by atoms with van der Waals surface area (Å²) in [5, 5.41) is 4.05. The van der Waals surface area contributed by atoms with Gasteiger partial charge in [-0.15, -0.1) is 6.42 Å². The second kappa shape index (κ2) is 10.2. The number of hydrogen-bond donors (Lipinski definition) is 1. The molecule has 1 amide bonds. The van der Waals surface area contributed by atoms with E-state index in [0.717, 1.165) is 28.2 Å². The SMILES string of the molecule is C#CCOc1ccc(/C=N/NC(=O)c2ccc(-n3c(C)ccc3-c3ccccc3)cc2)cc1.